The molecule has 0 atom stereocenters. The van der Waals surface area contributed by atoms with Crippen molar-refractivity contribution in [1.82, 2.24) is 10.6 Å². The van der Waals surface area contributed by atoms with Crippen LogP contribution >= 0.6 is 22.6 Å². The van der Waals surface area contributed by atoms with Crippen LogP contribution in [-0.2, 0) is 11.3 Å². The number of hydrogen-bond donors (Lipinski definition) is 2. The lowest BCUT2D eigenvalue weighted by molar-refractivity contribution is -0.120. The summed E-state index contributed by atoms with van der Waals surface area (Å²) in [5.74, 6) is 0.0445. The average molecular weight is 318 g/mol. The zero-order valence-corrected chi connectivity index (χ0v) is 10.9. The fraction of sp³-hybridized carbons (Fsp3) is 0.364. The summed E-state index contributed by atoms with van der Waals surface area (Å²) >= 11 is 2.27. The van der Waals surface area contributed by atoms with Gasteiger partial charge in [0.1, 0.15) is 0 Å². The number of benzene rings is 1. The van der Waals surface area contributed by atoms with Crippen LogP contribution < -0.4 is 10.6 Å². The quantitative estimate of drug-likeness (QED) is 0.808. The maximum Gasteiger partial charge on any atom is 0.233 e. The van der Waals surface area contributed by atoms with Gasteiger partial charge in [-0.3, -0.25) is 4.79 Å². The molecule has 0 saturated carbocycles. The van der Waals surface area contributed by atoms with E-state index in [2.05, 4.69) is 57.5 Å². The van der Waals surface area contributed by atoms with Crippen molar-refractivity contribution in [2.75, 3.05) is 13.1 Å². The van der Waals surface area contributed by atoms with E-state index in [1.807, 2.05) is 6.92 Å². The summed E-state index contributed by atoms with van der Waals surface area (Å²) in [6, 6.07) is 8.24. The van der Waals surface area contributed by atoms with Crippen molar-refractivity contribution in [3.63, 3.8) is 0 Å². The van der Waals surface area contributed by atoms with E-state index in [9.17, 15) is 4.79 Å². The monoisotopic (exact) mass is 318 g/mol. The Bertz CT molecular complexity index is 311. The first-order chi connectivity index (χ1) is 7.22. The highest BCUT2D eigenvalue weighted by Gasteiger charge is 1.98. The molecule has 0 aromatic heterocycles. The first kappa shape index (κ1) is 12.4. The number of amides is 1. The number of carbonyl (C=O) groups is 1. The fourth-order valence-corrected chi connectivity index (χ4v) is 1.54. The van der Waals surface area contributed by atoms with E-state index >= 15 is 0 Å². The third-order valence-corrected chi connectivity index (χ3v) is 2.62. The molecule has 0 aliphatic rings. The molecular formula is C11H15IN2O. The summed E-state index contributed by atoms with van der Waals surface area (Å²) in [5, 5.41) is 5.83. The molecule has 1 aromatic carbocycles. The van der Waals surface area contributed by atoms with E-state index < -0.39 is 0 Å². The van der Waals surface area contributed by atoms with Gasteiger partial charge in [-0.05, 0) is 47.2 Å². The molecule has 1 amide bonds. The number of hydrogen-bond acceptors (Lipinski definition) is 2. The third kappa shape index (κ3) is 5.13. The normalized spacial score (nSPS) is 10.0. The number of halogens is 1. The molecule has 0 fully saturated rings. The van der Waals surface area contributed by atoms with Gasteiger partial charge in [-0.15, -0.1) is 0 Å². The van der Waals surface area contributed by atoms with E-state index in [4.69, 9.17) is 0 Å². The van der Waals surface area contributed by atoms with Crippen LogP contribution in [0.2, 0.25) is 0 Å². The lowest BCUT2D eigenvalue weighted by Crippen LogP contribution is -2.33. The van der Waals surface area contributed by atoms with E-state index in [0.717, 1.165) is 6.54 Å². The molecule has 0 radical (unpaired) electrons. The van der Waals surface area contributed by atoms with Crippen molar-refractivity contribution in [3.8, 4) is 0 Å². The molecule has 2 N–H and O–H groups in total. The van der Waals surface area contributed by atoms with Crippen LogP contribution in [0, 0.1) is 3.57 Å². The molecule has 0 saturated heterocycles. The zero-order chi connectivity index (χ0) is 11.1. The molecule has 0 unspecified atom stereocenters. The topological polar surface area (TPSA) is 41.1 Å². The van der Waals surface area contributed by atoms with E-state index in [1.54, 1.807) is 0 Å². The lowest BCUT2D eigenvalue weighted by atomic mass is 10.2. The van der Waals surface area contributed by atoms with Crippen LogP contribution in [0.25, 0.3) is 0 Å². The molecule has 3 nitrogen and oxygen atoms in total. The molecule has 82 valence electrons. The number of likely N-dealkylation sites (N-methyl/N-ethyl adjacent to an activating group) is 1. The second kappa shape index (κ2) is 6.79. The minimum absolute atomic E-state index is 0.0445. The van der Waals surface area contributed by atoms with Gasteiger partial charge in [0.05, 0.1) is 6.54 Å². The van der Waals surface area contributed by atoms with Crippen LogP contribution in [-0.4, -0.2) is 19.0 Å². The fourth-order valence-electron chi connectivity index (χ4n) is 1.18. The standard InChI is InChI=1S/C11H15IN2O/c1-2-14-11(15)8-13-7-9-3-5-10(12)6-4-9/h3-6,13H,2,7-8H2,1H3,(H,14,15). The van der Waals surface area contributed by atoms with Crippen LogP contribution in [0.1, 0.15) is 12.5 Å². The lowest BCUT2D eigenvalue weighted by Gasteiger charge is -2.05. The summed E-state index contributed by atoms with van der Waals surface area (Å²) in [6.07, 6.45) is 0. The van der Waals surface area contributed by atoms with Crippen molar-refractivity contribution in [2.45, 2.75) is 13.5 Å². The molecule has 1 aromatic rings. The smallest absolute Gasteiger partial charge is 0.233 e. The molecule has 0 bridgehead atoms. The SMILES string of the molecule is CCNC(=O)CNCc1ccc(I)cc1. The largest absolute Gasteiger partial charge is 0.355 e. The third-order valence-electron chi connectivity index (χ3n) is 1.90. The van der Waals surface area contributed by atoms with Gasteiger partial charge in [-0.2, -0.15) is 0 Å². The van der Waals surface area contributed by atoms with Crippen molar-refractivity contribution >= 4 is 28.5 Å². The Morgan fingerprint density at radius 1 is 1.33 bits per heavy atom. The van der Waals surface area contributed by atoms with E-state index in [0.29, 0.717) is 13.1 Å². The molecular weight excluding hydrogens is 303 g/mol. The van der Waals surface area contributed by atoms with Gasteiger partial charge in [0.25, 0.3) is 0 Å². The van der Waals surface area contributed by atoms with Gasteiger partial charge < -0.3 is 10.6 Å². The van der Waals surface area contributed by atoms with Crippen molar-refractivity contribution in [3.05, 3.63) is 33.4 Å². The Hall–Kier alpha value is -0.620. The molecule has 4 heteroatoms. The Balaban J connectivity index is 2.26. The van der Waals surface area contributed by atoms with Gasteiger partial charge >= 0.3 is 0 Å². The molecule has 0 aliphatic heterocycles. The predicted octanol–water partition coefficient (Wildman–Crippen LogP) is 1.52. The van der Waals surface area contributed by atoms with Gasteiger partial charge in [-0.1, -0.05) is 12.1 Å². The highest BCUT2D eigenvalue weighted by molar-refractivity contribution is 14.1. The minimum atomic E-state index is 0.0445. The van der Waals surface area contributed by atoms with Gasteiger partial charge in [0.2, 0.25) is 5.91 Å². The van der Waals surface area contributed by atoms with Gasteiger partial charge in [0.15, 0.2) is 0 Å². The first-order valence-corrected chi connectivity index (χ1v) is 6.02. The first-order valence-electron chi connectivity index (χ1n) is 4.94. The van der Waals surface area contributed by atoms with Gasteiger partial charge in [-0.25, -0.2) is 0 Å². The summed E-state index contributed by atoms with van der Waals surface area (Å²) in [4.78, 5) is 11.1. The molecule has 1 rings (SSSR count). The highest BCUT2D eigenvalue weighted by atomic mass is 127. The van der Waals surface area contributed by atoms with Crippen molar-refractivity contribution in [1.29, 1.82) is 0 Å². The second-order valence-corrected chi connectivity index (χ2v) is 4.43. The number of nitrogens with one attached hydrogen (secondary N) is 2. The summed E-state index contributed by atoms with van der Waals surface area (Å²) in [5.41, 5.74) is 1.19. The predicted molar refractivity (Wildman–Crippen MR) is 69.5 cm³/mol. The zero-order valence-electron chi connectivity index (χ0n) is 8.72. The Kier molecular flexibility index (Phi) is 5.63. The number of rotatable bonds is 5. The molecule has 15 heavy (non-hydrogen) atoms. The van der Waals surface area contributed by atoms with Crippen molar-refractivity contribution < 1.29 is 4.79 Å². The summed E-state index contributed by atoms with van der Waals surface area (Å²) < 4.78 is 1.22. The Morgan fingerprint density at radius 3 is 2.60 bits per heavy atom. The van der Waals surface area contributed by atoms with E-state index in [-0.39, 0.29) is 5.91 Å². The Morgan fingerprint density at radius 2 is 2.00 bits per heavy atom. The Labute approximate surface area is 104 Å². The molecule has 0 heterocycles. The summed E-state index contributed by atoms with van der Waals surface area (Å²) in [6.45, 7) is 3.70. The van der Waals surface area contributed by atoms with Crippen LogP contribution in [0.3, 0.4) is 0 Å². The molecule has 0 spiro atoms. The molecule has 0 aliphatic carbocycles. The van der Waals surface area contributed by atoms with Gasteiger partial charge in [0, 0.05) is 16.7 Å². The van der Waals surface area contributed by atoms with E-state index in [1.165, 1.54) is 9.13 Å². The maximum absolute atomic E-state index is 11.1. The second-order valence-electron chi connectivity index (χ2n) is 3.18. The van der Waals surface area contributed by atoms with Crippen molar-refractivity contribution in [2.24, 2.45) is 0 Å². The summed E-state index contributed by atoms with van der Waals surface area (Å²) in [7, 11) is 0. The van der Waals surface area contributed by atoms with Crippen LogP contribution in [0.5, 0.6) is 0 Å². The van der Waals surface area contributed by atoms with Crippen LogP contribution in [0.15, 0.2) is 24.3 Å². The number of carbonyl (C=O) groups excluding carboxylic acids is 1. The minimum Gasteiger partial charge on any atom is -0.355 e. The van der Waals surface area contributed by atoms with Crippen LogP contribution in [0.4, 0.5) is 0 Å². The maximum atomic E-state index is 11.1. The average Bonchev–Trinajstić information content (AvgIpc) is 2.21. The highest BCUT2D eigenvalue weighted by Crippen LogP contribution is 2.06.